The summed E-state index contributed by atoms with van der Waals surface area (Å²) in [4.78, 5) is 20.9. The zero-order valence-electron chi connectivity index (χ0n) is 5.22. The van der Waals surface area contributed by atoms with Crippen LogP contribution in [0.25, 0.3) is 0 Å². The summed E-state index contributed by atoms with van der Waals surface area (Å²) >= 11 is 0. The predicted molar refractivity (Wildman–Crippen MR) is 31.4 cm³/mol. The summed E-state index contributed by atoms with van der Waals surface area (Å²) in [7, 11) is 0. The number of aliphatic hydroxyl groups excluding tert-OH is 2. The van der Waals surface area contributed by atoms with E-state index in [9.17, 15) is 9.59 Å². The van der Waals surface area contributed by atoms with E-state index in [-0.39, 0.29) is 17.1 Å². The maximum atomic E-state index is 10.4. The molecule has 0 unspecified atom stereocenters. The van der Waals surface area contributed by atoms with Crippen LogP contribution in [-0.2, 0) is 26.7 Å². The van der Waals surface area contributed by atoms with Gasteiger partial charge in [0.15, 0.2) is 11.5 Å². The van der Waals surface area contributed by atoms with Gasteiger partial charge in [-0.1, -0.05) is 0 Å². The molecule has 60 valence electrons. The average Bonchev–Trinajstić information content (AvgIpc) is 1.84. The van der Waals surface area contributed by atoms with Crippen LogP contribution in [-0.4, -0.2) is 21.8 Å². The van der Waals surface area contributed by atoms with Crippen molar-refractivity contribution in [3.63, 3.8) is 0 Å². The Morgan fingerprint density at radius 2 is 1.18 bits per heavy atom. The van der Waals surface area contributed by atoms with Gasteiger partial charge >= 0.3 is 0 Å². The molecule has 1 aliphatic carbocycles. The molecule has 1 aliphatic rings. The molecule has 0 radical (unpaired) electrons. The molecular weight excluding hydrogens is 192 g/mol. The smallest absolute Gasteiger partial charge is 0.224 e. The van der Waals surface area contributed by atoms with E-state index in [1.807, 2.05) is 0 Å². The Labute approximate surface area is 72.7 Å². The summed E-state index contributed by atoms with van der Waals surface area (Å²) in [5, 5.41) is 17.2. The molecule has 4 nitrogen and oxygen atoms in total. The van der Waals surface area contributed by atoms with Crippen LogP contribution in [0.1, 0.15) is 0 Å². The summed E-state index contributed by atoms with van der Waals surface area (Å²) < 4.78 is 0. The van der Waals surface area contributed by atoms with Crippen molar-refractivity contribution in [2.24, 2.45) is 0 Å². The fourth-order valence-corrected chi connectivity index (χ4v) is 0.538. The van der Waals surface area contributed by atoms with Gasteiger partial charge in [-0.2, -0.15) is 0 Å². The van der Waals surface area contributed by atoms with Crippen LogP contribution in [0.2, 0.25) is 0 Å². The van der Waals surface area contributed by atoms with Crippen LogP contribution < -0.4 is 0 Å². The number of carbonyl (C=O) groups excluding carboxylic acids is 2. The number of aliphatic hydroxyl groups is 2. The summed E-state index contributed by atoms with van der Waals surface area (Å²) in [5.41, 5.74) is 0. The number of hydrogen-bond acceptors (Lipinski definition) is 4. The summed E-state index contributed by atoms with van der Waals surface area (Å²) in [6.07, 6.45) is 1.36. The summed E-state index contributed by atoms with van der Waals surface area (Å²) in [5.74, 6) is -2.78. The molecule has 0 aliphatic heterocycles. The maximum absolute atomic E-state index is 10.4. The largest absolute Gasteiger partial charge is 0.504 e. The molecule has 0 saturated carbocycles. The third kappa shape index (κ3) is 1.93. The molecule has 0 aromatic rings. The van der Waals surface area contributed by atoms with Crippen LogP contribution in [0.3, 0.4) is 0 Å². The Balaban J connectivity index is 0.000001000. The van der Waals surface area contributed by atoms with Gasteiger partial charge in [0.05, 0.1) is 0 Å². The Kier molecular flexibility index (Phi) is 3.04. The van der Waals surface area contributed by atoms with E-state index in [1.165, 1.54) is 0 Å². The van der Waals surface area contributed by atoms with Crippen molar-refractivity contribution in [2.75, 3.05) is 0 Å². The fraction of sp³-hybridized carbons (Fsp3) is 0. The second-order valence-corrected chi connectivity index (χ2v) is 1.79. The molecule has 0 fully saturated rings. The fourth-order valence-electron chi connectivity index (χ4n) is 0.538. The van der Waals surface area contributed by atoms with Crippen molar-refractivity contribution in [3.05, 3.63) is 23.7 Å². The summed E-state index contributed by atoms with van der Waals surface area (Å²) in [6.45, 7) is 0. The Morgan fingerprint density at radius 3 is 1.45 bits per heavy atom. The van der Waals surface area contributed by atoms with E-state index in [4.69, 9.17) is 10.2 Å². The standard InChI is InChI=1S/C6H4O4.Fe/c7-3-1-4(8)6(10)2-5(3)9;/h1-2,7,10H;. The van der Waals surface area contributed by atoms with E-state index < -0.39 is 23.1 Å². The molecule has 0 atom stereocenters. The minimum Gasteiger partial charge on any atom is -0.504 e. The minimum atomic E-state index is -0.753. The van der Waals surface area contributed by atoms with E-state index in [0.717, 1.165) is 0 Å². The second kappa shape index (κ2) is 3.37. The van der Waals surface area contributed by atoms with Crippen LogP contribution >= 0.6 is 0 Å². The Hall–Kier alpha value is -1.06. The quantitative estimate of drug-likeness (QED) is 0.423. The first kappa shape index (κ1) is 9.94. The third-order valence-corrected chi connectivity index (χ3v) is 1.04. The van der Waals surface area contributed by atoms with Crippen molar-refractivity contribution in [2.45, 2.75) is 0 Å². The monoisotopic (exact) mass is 196 g/mol. The number of allylic oxidation sites excluding steroid dienone is 2. The molecule has 2 N–H and O–H groups in total. The molecule has 1 rings (SSSR count). The van der Waals surface area contributed by atoms with Gasteiger partial charge in [-0.15, -0.1) is 0 Å². The maximum Gasteiger partial charge on any atom is 0.224 e. The van der Waals surface area contributed by atoms with Gasteiger partial charge in [-0.05, 0) is 0 Å². The van der Waals surface area contributed by atoms with Gasteiger partial charge in [-0.25, -0.2) is 0 Å². The SMILES string of the molecule is O=C1C=C(O)C(=O)C=C1O.[Fe]. The van der Waals surface area contributed by atoms with Crippen LogP contribution in [0.15, 0.2) is 23.7 Å². The second-order valence-electron chi connectivity index (χ2n) is 1.79. The van der Waals surface area contributed by atoms with Gasteiger partial charge in [0.2, 0.25) is 11.6 Å². The first-order valence-corrected chi connectivity index (χ1v) is 2.51. The number of carbonyl (C=O) groups is 2. The molecule has 0 aromatic heterocycles. The zero-order chi connectivity index (χ0) is 7.72. The number of ketones is 2. The van der Waals surface area contributed by atoms with Gasteiger partial charge in [0.1, 0.15) is 0 Å². The first-order chi connectivity index (χ1) is 4.61. The van der Waals surface area contributed by atoms with E-state index in [1.54, 1.807) is 0 Å². The third-order valence-electron chi connectivity index (χ3n) is 1.04. The first-order valence-electron chi connectivity index (χ1n) is 2.51. The Morgan fingerprint density at radius 1 is 0.909 bits per heavy atom. The van der Waals surface area contributed by atoms with Crippen LogP contribution in [0, 0.1) is 0 Å². The summed E-state index contributed by atoms with van der Waals surface area (Å²) in [6, 6.07) is 0. The normalized spacial score (nSPS) is 16.7. The van der Waals surface area contributed by atoms with Gasteiger partial charge in [0.25, 0.3) is 0 Å². The van der Waals surface area contributed by atoms with Crippen molar-refractivity contribution in [1.29, 1.82) is 0 Å². The van der Waals surface area contributed by atoms with E-state index in [2.05, 4.69) is 0 Å². The minimum absolute atomic E-state index is 0. The molecule has 0 heterocycles. The van der Waals surface area contributed by atoms with Gasteiger partial charge < -0.3 is 10.2 Å². The van der Waals surface area contributed by atoms with Crippen LogP contribution in [0.4, 0.5) is 0 Å². The van der Waals surface area contributed by atoms with Crippen molar-refractivity contribution < 1.29 is 36.9 Å². The molecule has 0 amide bonds. The predicted octanol–water partition coefficient (Wildman–Crippen LogP) is 0.0195. The van der Waals surface area contributed by atoms with E-state index >= 15 is 0 Å². The molecule has 5 heteroatoms. The Bertz CT molecular complexity index is 236. The molecule has 0 spiro atoms. The number of hydrogen-bond donors (Lipinski definition) is 2. The van der Waals surface area contributed by atoms with Gasteiger partial charge in [-0.3, -0.25) is 9.59 Å². The van der Waals surface area contributed by atoms with Crippen molar-refractivity contribution in [3.8, 4) is 0 Å². The van der Waals surface area contributed by atoms with E-state index in [0.29, 0.717) is 12.2 Å². The number of rotatable bonds is 0. The molecular formula is C6H4FeO4. The van der Waals surface area contributed by atoms with Crippen molar-refractivity contribution >= 4 is 11.6 Å². The van der Waals surface area contributed by atoms with Gasteiger partial charge in [0, 0.05) is 29.2 Å². The molecule has 11 heavy (non-hydrogen) atoms. The molecule has 0 bridgehead atoms. The van der Waals surface area contributed by atoms with Crippen LogP contribution in [0.5, 0.6) is 0 Å². The molecule has 0 aromatic carbocycles. The van der Waals surface area contributed by atoms with Crippen molar-refractivity contribution in [1.82, 2.24) is 0 Å². The zero-order valence-corrected chi connectivity index (χ0v) is 6.32. The molecule has 0 saturated heterocycles. The topological polar surface area (TPSA) is 74.6 Å². The average molecular weight is 196 g/mol.